The number of piperidine rings is 1. The van der Waals surface area contributed by atoms with E-state index >= 15 is 0 Å². The molecule has 0 radical (unpaired) electrons. The first kappa shape index (κ1) is 11.6. The van der Waals surface area contributed by atoms with Gasteiger partial charge in [-0.3, -0.25) is 4.79 Å². The fourth-order valence-electron chi connectivity index (χ4n) is 2.06. The number of carbonyl (C=O) groups excluding carboxylic acids is 1. The smallest absolute Gasteiger partial charge is 0.253 e. The minimum atomic E-state index is 0.176. The van der Waals surface area contributed by atoms with Crippen LogP contribution in [0.5, 0.6) is 0 Å². The molecule has 0 spiro atoms. The molecule has 86 valence electrons. The van der Waals surface area contributed by atoms with Crippen molar-refractivity contribution in [2.24, 2.45) is 0 Å². The maximum absolute atomic E-state index is 12.2. The van der Waals surface area contributed by atoms with Gasteiger partial charge >= 0.3 is 0 Å². The zero-order valence-electron chi connectivity index (χ0n) is 9.50. The normalized spacial score (nSPS) is 16.2. The van der Waals surface area contributed by atoms with Crippen LogP contribution < -0.4 is 0 Å². The van der Waals surface area contributed by atoms with E-state index in [-0.39, 0.29) is 5.91 Å². The molecule has 0 aromatic heterocycles. The van der Waals surface area contributed by atoms with Gasteiger partial charge < -0.3 is 4.90 Å². The number of likely N-dealkylation sites (tertiary alicyclic amines) is 1. The third-order valence-electron chi connectivity index (χ3n) is 3.05. The predicted octanol–water partition coefficient (Wildman–Crippen LogP) is 3.38. The molecule has 1 aliphatic heterocycles. The van der Waals surface area contributed by atoms with Crippen LogP contribution in [-0.2, 0) is 0 Å². The molecule has 0 N–H and O–H groups in total. The maximum atomic E-state index is 12.2. The van der Waals surface area contributed by atoms with E-state index in [4.69, 9.17) is 0 Å². The number of carbonyl (C=O) groups is 1. The fourth-order valence-corrected chi connectivity index (χ4v) is 2.30. The second kappa shape index (κ2) is 5.00. The van der Waals surface area contributed by atoms with E-state index in [2.05, 4.69) is 15.9 Å². The van der Waals surface area contributed by atoms with Crippen molar-refractivity contribution in [1.29, 1.82) is 0 Å². The van der Waals surface area contributed by atoms with Crippen molar-refractivity contribution in [3.05, 3.63) is 33.8 Å². The highest BCUT2D eigenvalue weighted by Crippen LogP contribution is 2.19. The van der Waals surface area contributed by atoms with Crippen LogP contribution >= 0.6 is 15.9 Å². The van der Waals surface area contributed by atoms with Crippen molar-refractivity contribution in [3.63, 3.8) is 0 Å². The molecule has 1 aliphatic rings. The third kappa shape index (κ3) is 2.46. The summed E-state index contributed by atoms with van der Waals surface area (Å²) in [4.78, 5) is 14.1. The van der Waals surface area contributed by atoms with Crippen LogP contribution in [0.15, 0.2) is 22.7 Å². The Balaban J connectivity index is 2.16. The van der Waals surface area contributed by atoms with E-state index in [0.717, 1.165) is 41.5 Å². The summed E-state index contributed by atoms with van der Waals surface area (Å²) in [5.41, 5.74) is 1.92. The summed E-state index contributed by atoms with van der Waals surface area (Å²) < 4.78 is 1.06. The first-order valence-corrected chi connectivity index (χ1v) is 6.53. The van der Waals surface area contributed by atoms with Gasteiger partial charge in [0, 0.05) is 23.1 Å². The first-order chi connectivity index (χ1) is 7.68. The van der Waals surface area contributed by atoms with Crippen LogP contribution in [0.1, 0.15) is 35.2 Å². The Hall–Kier alpha value is -0.830. The summed E-state index contributed by atoms with van der Waals surface area (Å²) in [6.45, 7) is 3.83. The van der Waals surface area contributed by atoms with Gasteiger partial charge in [0.25, 0.3) is 5.91 Å². The maximum Gasteiger partial charge on any atom is 0.253 e. The zero-order chi connectivity index (χ0) is 11.5. The Bertz CT molecular complexity index is 397. The standard InChI is InChI=1S/C13H16BrNO/c1-10-9-11(5-6-12(10)14)13(16)15-7-3-2-4-8-15/h5-6,9H,2-4,7-8H2,1H3. The van der Waals surface area contributed by atoms with Crippen molar-refractivity contribution in [2.45, 2.75) is 26.2 Å². The lowest BCUT2D eigenvalue weighted by atomic mass is 10.1. The van der Waals surface area contributed by atoms with E-state index in [1.54, 1.807) is 0 Å². The molecule has 0 unspecified atom stereocenters. The lowest BCUT2D eigenvalue weighted by Crippen LogP contribution is -2.35. The number of rotatable bonds is 1. The Kier molecular flexibility index (Phi) is 3.64. The van der Waals surface area contributed by atoms with E-state index in [9.17, 15) is 4.79 Å². The van der Waals surface area contributed by atoms with Gasteiger partial charge in [0.1, 0.15) is 0 Å². The van der Waals surface area contributed by atoms with Gasteiger partial charge in [0.05, 0.1) is 0 Å². The summed E-state index contributed by atoms with van der Waals surface area (Å²) in [5.74, 6) is 0.176. The van der Waals surface area contributed by atoms with E-state index in [0.29, 0.717) is 0 Å². The lowest BCUT2D eigenvalue weighted by Gasteiger charge is -2.26. The van der Waals surface area contributed by atoms with Crippen LogP contribution in [0, 0.1) is 6.92 Å². The summed E-state index contributed by atoms with van der Waals surface area (Å²) in [5, 5.41) is 0. The quantitative estimate of drug-likeness (QED) is 0.773. The molecule has 1 aromatic carbocycles. The van der Waals surface area contributed by atoms with Gasteiger partial charge in [0.15, 0.2) is 0 Å². The molecule has 0 atom stereocenters. The number of amides is 1. The van der Waals surface area contributed by atoms with E-state index in [1.807, 2.05) is 30.0 Å². The number of aryl methyl sites for hydroxylation is 1. The summed E-state index contributed by atoms with van der Waals surface area (Å²) in [6.07, 6.45) is 3.53. The fraction of sp³-hybridized carbons (Fsp3) is 0.462. The summed E-state index contributed by atoms with van der Waals surface area (Å²) in [6, 6.07) is 5.81. The second-order valence-corrected chi connectivity index (χ2v) is 5.17. The van der Waals surface area contributed by atoms with Gasteiger partial charge in [-0.2, -0.15) is 0 Å². The lowest BCUT2D eigenvalue weighted by molar-refractivity contribution is 0.0724. The van der Waals surface area contributed by atoms with Crippen LogP contribution in [-0.4, -0.2) is 23.9 Å². The molecule has 0 saturated carbocycles. The molecule has 1 aromatic rings. The minimum absolute atomic E-state index is 0.176. The van der Waals surface area contributed by atoms with Crippen molar-refractivity contribution < 1.29 is 4.79 Å². The molecule has 2 rings (SSSR count). The molecular formula is C13H16BrNO. The first-order valence-electron chi connectivity index (χ1n) is 5.74. The molecule has 3 heteroatoms. The molecule has 1 fully saturated rings. The Labute approximate surface area is 105 Å². The number of hydrogen-bond acceptors (Lipinski definition) is 1. The molecule has 1 amide bonds. The van der Waals surface area contributed by atoms with Gasteiger partial charge in [0.2, 0.25) is 0 Å². The summed E-state index contributed by atoms with van der Waals surface area (Å²) >= 11 is 3.45. The van der Waals surface area contributed by atoms with E-state index < -0.39 is 0 Å². The predicted molar refractivity (Wildman–Crippen MR) is 68.6 cm³/mol. The molecule has 1 heterocycles. The van der Waals surface area contributed by atoms with Crippen molar-refractivity contribution in [1.82, 2.24) is 4.90 Å². The third-order valence-corrected chi connectivity index (χ3v) is 3.94. The van der Waals surface area contributed by atoms with Crippen molar-refractivity contribution >= 4 is 21.8 Å². The van der Waals surface area contributed by atoms with Gasteiger partial charge in [-0.05, 0) is 49.9 Å². The van der Waals surface area contributed by atoms with Gasteiger partial charge in [-0.1, -0.05) is 15.9 Å². The number of halogens is 1. The Morgan fingerprint density at radius 3 is 2.56 bits per heavy atom. The highest BCUT2D eigenvalue weighted by Gasteiger charge is 2.18. The zero-order valence-corrected chi connectivity index (χ0v) is 11.1. The topological polar surface area (TPSA) is 20.3 Å². The molecule has 0 bridgehead atoms. The number of hydrogen-bond donors (Lipinski definition) is 0. The van der Waals surface area contributed by atoms with Crippen molar-refractivity contribution in [2.75, 3.05) is 13.1 Å². The van der Waals surface area contributed by atoms with Crippen LogP contribution in [0.2, 0.25) is 0 Å². The molecule has 2 nitrogen and oxygen atoms in total. The van der Waals surface area contributed by atoms with Gasteiger partial charge in [-0.15, -0.1) is 0 Å². The average molecular weight is 282 g/mol. The highest BCUT2D eigenvalue weighted by atomic mass is 79.9. The average Bonchev–Trinajstić information content (AvgIpc) is 2.33. The number of nitrogens with zero attached hydrogens (tertiary/aromatic N) is 1. The summed E-state index contributed by atoms with van der Waals surface area (Å²) in [7, 11) is 0. The molecule has 0 aliphatic carbocycles. The van der Waals surface area contributed by atoms with E-state index in [1.165, 1.54) is 6.42 Å². The van der Waals surface area contributed by atoms with Crippen LogP contribution in [0.25, 0.3) is 0 Å². The van der Waals surface area contributed by atoms with Crippen LogP contribution in [0.4, 0.5) is 0 Å². The van der Waals surface area contributed by atoms with Crippen LogP contribution in [0.3, 0.4) is 0 Å². The monoisotopic (exact) mass is 281 g/mol. The minimum Gasteiger partial charge on any atom is -0.339 e. The molecule has 1 saturated heterocycles. The SMILES string of the molecule is Cc1cc(C(=O)N2CCCCC2)ccc1Br. The molecular weight excluding hydrogens is 266 g/mol. The largest absolute Gasteiger partial charge is 0.339 e. The van der Waals surface area contributed by atoms with Crippen molar-refractivity contribution in [3.8, 4) is 0 Å². The Morgan fingerprint density at radius 2 is 1.94 bits per heavy atom. The Morgan fingerprint density at radius 1 is 1.25 bits per heavy atom. The number of benzene rings is 1. The second-order valence-electron chi connectivity index (χ2n) is 4.32. The highest BCUT2D eigenvalue weighted by molar-refractivity contribution is 9.10. The molecule has 16 heavy (non-hydrogen) atoms. The van der Waals surface area contributed by atoms with Gasteiger partial charge in [-0.25, -0.2) is 0 Å².